The summed E-state index contributed by atoms with van der Waals surface area (Å²) in [5, 5.41) is 42.1. The minimum Gasteiger partial charge on any atom is -0.192 e. The van der Waals surface area contributed by atoms with Gasteiger partial charge < -0.3 is 0 Å². The minimum atomic E-state index is 0.640. The molecule has 0 unspecified atom stereocenters. The summed E-state index contributed by atoms with van der Waals surface area (Å²) in [7, 11) is 0. The maximum atomic E-state index is 9.86. The van der Waals surface area contributed by atoms with Crippen LogP contribution in [0.5, 0.6) is 0 Å². The van der Waals surface area contributed by atoms with E-state index in [1.165, 1.54) is 119 Å². The summed E-state index contributed by atoms with van der Waals surface area (Å²) < 4.78 is 0. The third-order valence-corrected chi connectivity index (χ3v) is 12.4. The van der Waals surface area contributed by atoms with E-state index in [1.807, 2.05) is 24.3 Å². The number of hydrogen-bond acceptors (Lipinski definition) is 2. The second-order valence-electron chi connectivity index (χ2n) is 15.6. The van der Waals surface area contributed by atoms with Crippen LogP contribution < -0.4 is 0 Å². The van der Waals surface area contributed by atoms with Crippen molar-refractivity contribution in [3.8, 4) is 34.4 Å². The van der Waals surface area contributed by atoms with Gasteiger partial charge in [0.2, 0.25) is 0 Å². The quantitative estimate of drug-likeness (QED) is 0.168. The van der Waals surface area contributed by atoms with Crippen LogP contribution in [-0.4, -0.2) is 0 Å². The molecule has 0 saturated heterocycles. The Morgan fingerprint density at radius 3 is 1.09 bits per heavy atom. The van der Waals surface area contributed by atoms with Gasteiger partial charge in [-0.05, 0) is 193 Å². The van der Waals surface area contributed by atoms with E-state index in [2.05, 4.69) is 147 Å². The third-order valence-electron chi connectivity index (χ3n) is 12.4. The van der Waals surface area contributed by atoms with E-state index in [-0.39, 0.29) is 0 Å². The van der Waals surface area contributed by atoms with Crippen LogP contribution in [0.15, 0.2) is 146 Å². The maximum Gasteiger partial charge on any atom is 0.0991 e. The molecule has 0 saturated carbocycles. The van der Waals surface area contributed by atoms with Crippen molar-refractivity contribution in [3.05, 3.63) is 168 Å². The van der Waals surface area contributed by atoms with Gasteiger partial charge in [-0.1, -0.05) is 97.1 Å². The molecule has 0 bridgehead atoms. The highest BCUT2D eigenvalue weighted by Gasteiger charge is 2.25. The number of hydrogen-bond donors (Lipinski definition) is 0. The molecule has 56 heavy (non-hydrogen) atoms. The van der Waals surface area contributed by atoms with E-state index in [9.17, 15) is 10.5 Å². The van der Waals surface area contributed by atoms with Crippen LogP contribution in [0.25, 0.3) is 119 Å². The first kappa shape index (κ1) is 30.9. The Kier molecular flexibility index (Phi) is 6.08. The average Bonchev–Trinajstić information content (AvgIpc) is 3.71. The van der Waals surface area contributed by atoms with Crippen molar-refractivity contribution in [2.45, 2.75) is 13.8 Å². The van der Waals surface area contributed by atoms with Crippen LogP contribution >= 0.6 is 0 Å². The summed E-state index contributed by atoms with van der Waals surface area (Å²) in [4.78, 5) is 0. The number of fused-ring (bicyclic) bond motifs is 11. The first-order valence-corrected chi connectivity index (χ1v) is 19.1. The molecule has 12 rings (SSSR count). The van der Waals surface area contributed by atoms with E-state index in [0.717, 1.165) is 11.1 Å². The van der Waals surface area contributed by atoms with Crippen LogP contribution in [0, 0.1) is 36.5 Å². The Hall–Kier alpha value is -7.52. The molecule has 0 radical (unpaired) electrons. The van der Waals surface area contributed by atoms with Gasteiger partial charge in [0.1, 0.15) is 0 Å². The zero-order valence-corrected chi connectivity index (χ0v) is 30.8. The van der Waals surface area contributed by atoms with Crippen molar-refractivity contribution < 1.29 is 0 Å². The lowest BCUT2D eigenvalue weighted by molar-refractivity contribution is 1.48. The molecule has 12 aromatic rings. The number of nitriles is 2. The summed E-state index contributed by atoms with van der Waals surface area (Å²) >= 11 is 0. The van der Waals surface area contributed by atoms with Crippen LogP contribution in [0.1, 0.15) is 22.3 Å². The van der Waals surface area contributed by atoms with Gasteiger partial charge in [0.25, 0.3) is 0 Å². The number of aryl methyl sites for hydroxylation is 2. The molecule has 2 heteroatoms. The van der Waals surface area contributed by atoms with E-state index in [4.69, 9.17) is 0 Å². The molecule has 0 aliphatic carbocycles. The Labute approximate surface area is 322 Å². The number of benzene rings is 10. The summed E-state index contributed by atoms with van der Waals surface area (Å²) in [5.41, 5.74) is 8.25. The van der Waals surface area contributed by atoms with Crippen LogP contribution in [-0.2, 0) is 0 Å². The van der Waals surface area contributed by atoms with Crippen molar-refractivity contribution in [1.82, 2.24) is 0 Å². The normalized spacial score (nSPS) is 12.1. The lowest BCUT2D eigenvalue weighted by Gasteiger charge is -2.17. The zero-order valence-electron chi connectivity index (χ0n) is 30.8. The summed E-state index contributed by atoms with van der Waals surface area (Å²) in [6, 6.07) is 57.6. The molecule has 12 aromatic carbocycles. The molecule has 2 nitrogen and oxygen atoms in total. The molecule has 0 aliphatic rings. The molecule has 256 valence electrons. The lowest BCUT2D eigenvalue weighted by Crippen LogP contribution is -1.90. The predicted molar refractivity (Wildman–Crippen MR) is 236 cm³/mol. The highest BCUT2D eigenvalue weighted by atomic mass is 14.3. The Morgan fingerprint density at radius 1 is 0.321 bits per heavy atom. The van der Waals surface area contributed by atoms with E-state index in [0.29, 0.717) is 11.1 Å². The van der Waals surface area contributed by atoms with E-state index < -0.39 is 0 Å². The monoisotopic (exact) mass is 706 g/mol. The fourth-order valence-corrected chi connectivity index (χ4v) is 10.1. The van der Waals surface area contributed by atoms with Crippen molar-refractivity contribution in [1.29, 1.82) is 10.5 Å². The van der Waals surface area contributed by atoms with Crippen molar-refractivity contribution in [2.24, 2.45) is 0 Å². The molecule has 0 N–H and O–H groups in total. The minimum absolute atomic E-state index is 0.640. The predicted octanol–water partition coefficient (Wildman–Crippen LogP) is 14.6. The first-order valence-electron chi connectivity index (χ1n) is 19.1. The Bertz CT molecular complexity index is 3510. The maximum absolute atomic E-state index is 9.86. The Morgan fingerprint density at radius 2 is 0.679 bits per heavy atom. The highest BCUT2D eigenvalue weighted by Crippen LogP contribution is 2.53. The van der Waals surface area contributed by atoms with Gasteiger partial charge in [0, 0.05) is 0 Å². The van der Waals surface area contributed by atoms with Gasteiger partial charge in [-0.2, -0.15) is 10.5 Å². The van der Waals surface area contributed by atoms with Gasteiger partial charge in [-0.15, -0.1) is 0 Å². The van der Waals surface area contributed by atoms with Gasteiger partial charge in [0.15, 0.2) is 0 Å². The van der Waals surface area contributed by atoms with E-state index in [1.54, 1.807) is 0 Å². The van der Waals surface area contributed by atoms with E-state index >= 15 is 0 Å². The van der Waals surface area contributed by atoms with Crippen molar-refractivity contribution in [2.75, 3.05) is 0 Å². The molecule has 0 aromatic heterocycles. The molecular formula is C54H30N2. The summed E-state index contributed by atoms with van der Waals surface area (Å²) in [6.45, 7) is 4.41. The molecule has 0 spiro atoms. The fourth-order valence-electron chi connectivity index (χ4n) is 10.1. The van der Waals surface area contributed by atoms with Gasteiger partial charge in [0.05, 0.1) is 23.3 Å². The zero-order chi connectivity index (χ0) is 37.4. The number of rotatable bonds is 2. The van der Waals surface area contributed by atoms with Crippen LogP contribution in [0.3, 0.4) is 0 Å². The molecular weight excluding hydrogens is 677 g/mol. The second kappa shape index (κ2) is 11.0. The summed E-state index contributed by atoms with van der Waals surface area (Å²) in [5.74, 6) is 0. The summed E-state index contributed by atoms with van der Waals surface area (Å²) in [6.07, 6.45) is 0. The number of nitrogens with zero attached hydrogens (tertiary/aromatic N) is 2. The highest BCUT2D eigenvalue weighted by molar-refractivity contribution is 6.43. The second-order valence-corrected chi connectivity index (χ2v) is 15.6. The van der Waals surface area contributed by atoms with Crippen molar-refractivity contribution >= 4 is 97.0 Å². The Balaban J connectivity index is 1.40. The lowest BCUT2D eigenvalue weighted by atomic mass is 9.86. The van der Waals surface area contributed by atoms with Gasteiger partial charge >= 0.3 is 0 Å². The standard InChI is InChI=1S/C54H30N2/c1-29-19-39-37-9-5-3-7-35(37)23-41-45-25-44-43(49(53(45)47(21-29)51(39)41)33-15-11-31(27-55)12-16-33)26-46-42-24-36-8-4-6-10-38(36)40-20-30(2)22-48(52(40)42)54(46)50(44)34-17-13-32(28-56)14-18-34/h3-26H,1-2H3. The average molecular weight is 707 g/mol. The molecule has 0 aliphatic heterocycles. The van der Waals surface area contributed by atoms with Gasteiger partial charge in [-0.25, -0.2) is 0 Å². The smallest absolute Gasteiger partial charge is 0.0991 e. The third kappa shape index (κ3) is 4.03. The first-order chi connectivity index (χ1) is 27.5. The molecule has 0 heterocycles. The van der Waals surface area contributed by atoms with Gasteiger partial charge in [-0.3, -0.25) is 0 Å². The topological polar surface area (TPSA) is 47.6 Å². The molecule has 0 atom stereocenters. The molecule has 0 amide bonds. The fraction of sp³-hybridized carbons (Fsp3) is 0.0370. The largest absolute Gasteiger partial charge is 0.192 e. The molecule has 0 fully saturated rings. The van der Waals surface area contributed by atoms with Crippen LogP contribution in [0.2, 0.25) is 0 Å². The SMILES string of the molecule is Cc1cc2c3ccccc3cc3c4cc5c(-c6ccc(C#N)cc6)c6c(cc5c(-c5ccc(C#N)cc5)c4c(c1)c23)c1cc2ccccc2c2cc(C)cc6c21. The van der Waals surface area contributed by atoms with Crippen molar-refractivity contribution in [3.63, 3.8) is 0 Å². The van der Waals surface area contributed by atoms with Crippen LogP contribution in [0.4, 0.5) is 0 Å².